The summed E-state index contributed by atoms with van der Waals surface area (Å²) in [6, 6.07) is 8.21. The third kappa shape index (κ3) is 4.46. The zero-order valence-corrected chi connectivity index (χ0v) is 13.5. The van der Waals surface area contributed by atoms with Crippen molar-refractivity contribution < 1.29 is 4.79 Å². The van der Waals surface area contributed by atoms with Gasteiger partial charge in [-0.05, 0) is 38.1 Å². The molecule has 0 saturated carbocycles. The summed E-state index contributed by atoms with van der Waals surface area (Å²) in [6.07, 6.45) is 1.78. The lowest BCUT2D eigenvalue weighted by molar-refractivity contribution is -0.122. The Morgan fingerprint density at radius 3 is 2.71 bits per heavy atom. The van der Waals surface area contributed by atoms with Gasteiger partial charge in [0.1, 0.15) is 6.04 Å². The van der Waals surface area contributed by atoms with Gasteiger partial charge in [-0.2, -0.15) is 0 Å². The maximum absolute atomic E-state index is 12.5. The molecule has 1 aliphatic rings. The molecule has 0 saturated heterocycles. The minimum absolute atomic E-state index is 0.110. The number of rotatable bonds is 6. The van der Waals surface area contributed by atoms with Crippen LogP contribution in [0.5, 0.6) is 0 Å². The number of benzene rings is 1. The molecule has 1 aliphatic heterocycles. The number of para-hydroxylation sites is 1. The van der Waals surface area contributed by atoms with Crippen LogP contribution in [-0.2, 0) is 11.2 Å². The fourth-order valence-corrected chi connectivity index (χ4v) is 2.95. The van der Waals surface area contributed by atoms with Crippen molar-refractivity contribution in [2.24, 2.45) is 5.92 Å². The van der Waals surface area contributed by atoms with Crippen LogP contribution in [-0.4, -0.2) is 43.5 Å². The van der Waals surface area contributed by atoms with E-state index in [4.69, 9.17) is 0 Å². The highest BCUT2D eigenvalue weighted by molar-refractivity contribution is 5.87. The fourth-order valence-electron chi connectivity index (χ4n) is 2.95. The number of hydrogen-bond acceptors (Lipinski definition) is 3. The van der Waals surface area contributed by atoms with Gasteiger partial charge in [-0.3, -0.25) is 4.79 Å². The number of nitrogens with zero attached hydrogens (tertiary/aromatic N) is 1. The van der Waals surface area contributed by atoms with Crippen LogP contribution in [0.25, 0.3) is 0 Å². The Morgan fingerprint density at radius 1 is 1.38 bits per heavy atom. The van der Waals surface area contributed by atoms with Gasteiger partial charge in [-0.1, -0.05) is 32.0 Å². The van der Waals surface area contributed by atoms with Gasteiger partial charge in [0.2, 0.25) is 5.91 Å². The van der Waals surface area contributed by atoms with Crippen LogP contribution in [0, 0.1) is 5.92 Å². The predicted octanol–water partition coefficient (Wildman–Crippen LogP) is 2.12. The summed E-state index contributed by atoms with van der Waals surface area (Å²) in [5, 5.41) is 6.53. The molecule has 1 amide bonds. The Balaban J connectivity index is 1.94. The molecule has 0 fully saturated rings. The zero-order valence-electron chi connectivity index (χ0n) is 13.5. The molecule has 2 rings (SSSR count). The molecule has 4 heteroatoms. The second-order valence-electron chi connectivity index (χ2n) is 6.66. The predicted molar refractivity (Wildman–Crippen MR) is 87.5 cm³/mol. The Morgan fingerprint density at radius 2 is 2.10 bits per heavy atom. The minimum Gasteiger partial charge on any atom is -0.373 e. The maximum atomic E-state index is 12.5. The number of amides is 1. The van der Waals surface area contributed by atoms with Crippen LogP contribution in [0.1, 0.15) is 25.8 Å². The van der Waals surface area contributed by atoms with Crippen LogP contribution in [0.15, 0.2) is 24.3 Å². The van der Waals surface area contributed by atoms with E-state index in [0.717, 1.165) is 25.1 Å². The molecule has 116 valence electrons. The highest BCUT2D eigenvalue weighted by Crippen LogP contribution is 2.25. The molecule has 1 aromatic rings. The van der Waals surface area contributed by atoms with Crippen molar-refractivity contribution in [3.05, 3.63) is 29.8 Å². The van der Waals surface area contributed by atoms with E-state index in [-0.39, 0.29) is 18.0 Å². The number of carbonyl (C=O) groups excluding carboxylic acids is 1. The van der Waals surface area contributed by atoms with Gasteiger partial charge >= 0.3 is 0 Å². The molecule has 21 heavy (non-hydrogen) atoms. The number of anilines is 1. The molecule has 0 radical (unpaired) electrons. The summed E-state index contributed by atoms with van der Waals surface area (Å²) >= 11 is 0. The van der Waals surface area contributed by atoms with Crippen molar-refractivity contribution in [2.45, 2.75) is 38.8 Å². The molecule has 1 heterocycles. The van der Waals surface area contributed by atoms with E-state index in [1.807, 2.05) is 32.3 Å². The lowest BCUT2D eigenvalue weighted by atomic mass is 10.0. The third-order valence-corrected chi connectivity index (χ3v) is 3.78. The average molecular weight is 289 g/mol. The van der Waals surface area contributed by atoms with E-state index in [1.165, 1.54) is 5.56 Å². The van der Waals surface area contributed by atoms with Gasteiger partial charge in [-0.25, -0.2) is 0 Å². The Hall–Kier alpha value is -1.55. The minimum atomic E-state index is -0.140. The molecule has 2 N–H and O–H groups in total. The molecular formula is C17H27N3O. The van der Waals surface area contributed by atoms with Crippen molar-refractivity contribution in [1.82, 2.24) is 10.2 Å². The summed E-state index contributed by atoms with van der Waals surface area (Å²) in [5.41, 5.74) is 2.32. The third-order valence-electron chi connectivity index (χ3n) is 3.78. The average Bonchev–Trinajstić information content (AvgIpc) is 2.80. The quantitative estimate of drug-likeness (QED) is 0.843. The highest BCUT2D eigenvalue weighted by atomic mass is 16.2. The monoisotopic (exact) mass is 289 g/mol. The Bertz CT molecular complexity index is 450. The van der Waals surface area contributed by atoms with E-state index in [0.29, 0.717) is 5.92 Å². The van der Waals surface area contributed by atoms with Gasteiger partial charge in [0, 0.05) is 24.7 Å². The summed E-state index contributed by atoms with van der Waals surface area (Å²) in [4.78, 5) is 14.6. The van der Waals surface area contributed by atoms with Crippen molar-refractivity contribution in [1.29, 1.82) is 0 Å². The van der Waals surface area contributed by atoms with E-state index < -0.39 is 0 Å². The number of hydrogen-bond donors (Lipinski definition) is 2. The SMILES string of the molecule is CC(C)CC(CN(C)C)NC(=O)C1Cc2ccccc2N1. The van der Waals surface area contributed by atoms with Crippen LogP contribution in [0.4, 0.5) is 5.69 Å². The second-order valence-corrected chi connectivity index (χ2v) is 6.66. The van der Waals surface area contributed by atoms with Gasteiger partial charge in [0.25, 0.3) is 0 Å². The molecule has 2 atom stereocenters. The van der Waals surface area contributed by atoms with Crippen molar-refractivity contribution >= 4 is 11.6 Å². The number of carbonyl (C=O) groups is 1. The normalized spacial score (nSPS) is 18.5. The zero-order chi connectivity index (χ0) is 15.4. The standard InChI is InChI=1S/C17H27N3O/c1-12(2)9-14(11-20(3)4)18-17(21)16-10-13-7-5-6-8-15(13)19-16/h5-8,12,14,16,19H,9-11H2,1-4H3,(H,18,21). The molecule has 0 aromatic heterocycles. The topological polar surface area (TPSA) is 44.4 Å². The first-order valence-electron chi connectivity index (χ1n) is 7.75. The summed E-state index contributed by atoms with van der Waals surface area (Å²) < 4.78 is 0. The lowest BCUT2D eigenvalue weighted by Gasteiger charge is -2.25. The highest BCUT2D eigenvalue weighted by Gasteiger charge is 2.28. The number of nitrogens with one attached hydrogen (secondary N) is 2. The first kappa shape index (κ1) is 15.8. The molecule has 4 nitrogen and oxygen atoms in total. The first-order chi connectivity index (χ1) is 9.95. The first-order valence-corrected chi connectivity index (χ1v) is 7.75. The van der Waals surface area contributed by atoms with Gasteiger partial charge in [0.05, 0.1) is 0 Å². The summed E-state index contributed by atoms with van der Waals surface area (Å²) in [7, 11) is 4.09. The van der Waals surface area contributed by atoms with Crippen LogP contribution < -0.4 is 10.6 Å². The van der Waals surface area contributed by atoms with Crippen molar-refractivity contribution in [3.8, 4) is 0 Å². The molecule has 1 aromatic carbocycles. The molecule has 0 bridgehead atoms. The van der Waals surface area contributed by atoms with Crippen molar-refractivity contribution in [3.63, 3.8) is 0 Å². The summed E-state index contributed by atoms with van der Waals surface area (Å²) in [6.45, 7) is 5.26. The fraction of sp³-hybridized carbons (Fsp3) is 0.588. The van der Waals surface area contributed by atoms with E-state index in [1.54, 1.807) is 0 Å². The van der Waals surface area contributed by atoms with Crippen molar-refractivity contribution in [2.75, 3.05) is 26.0 Å². The smallest absolute Gasteiger partial charge is 0.243 e. The summed E-state index contributed by atoms with van der Waals surface area (Å²) in [5.74, 6) is 0.683. The Labute approximate surface area is 127 Å². The lowest BCUT2D eigenvalue weighted by Crippen LogP contribution is -2.48. The Kier molecular flexibility index (Phi) is 5.23. The largest absolute Gasteiger partial charge is 0.373 e. The number of fused-ring (bicyclic) bond motifs is 1. The van der Waals surface area contributed by atoms with E-state index in [2.05, 4.69) is 35.4 Å². The molecule has 0 spiro atoms. The van der Waals surface area contributed by atoms with E-state index >= 15 is 0 Å². The molecule has 0 aliphatic carbocycles. The second kappa shape index (κ2) is 6.94. The van der Waals surface area contributed by atoms with E-state index in [9.17, 15) is 4.79 Å². The van der Waals surface area contributed by atoms with Gasteiger partial charge in [0.15, 0.2) is 0 Å². The van der Waals surface area contributed by atoms with Gasteiger partial charge < -0.3 is 15.5 Å². The van der Waals surface area contributed by atoms with Gasteiger partial charge in [-0.15, -0.1) is 0 Å². The van der Waals surface area contributed by atoms with Crippen LogP contribution in [0.3, 0.4) is 0 Å². The maximum Gasteiger partial charge on any atom is 0.243 e. The van der Waals surface area contributed by atoms with Crippen LogP contribution >= 0.6 is 0 Å². The van der Waals surface area contributed by atoms with Crippen LogP contribution in [0.2, 0.25) is 0 Å². The number of likely N-dealkylation sites (N-methyl/N-ethyl adjacent to an activating group) is 1. The molecular weight excluding hydrogens is 262 g/mol. The molecule has 2 unspecified atom stereocenters.